The van der Waals surface area contributed by atoms with Crippen molar-refractivity contribution >= 4 is 40.5 Å². The molecule has 1 nitrogen and oxygen atoms in total. The van der Waals surface area contributed by atoms with Crippen LogP contribution in [0.5, 0.6) is 0 Å². The van der Waals surface area contributed by atoms with Crippen LogP contribution in [0, 0.1) is 0 Å². The maximum Gasteiger partial charge on any atom is 0.417 e. The van der Waals surface area contributed by atoms with Crippen LogP contribution in [0.1, 0.15) is 11.1 Å². The van der Waals surface area contributed by atoms with Gasteiger partial charge in [0.1, 0.15) is 0 Å². The molecule has 0 unspecified atom stereocenters. The van der Waals surface area contributed by atoms with Crippen molar-refractivity contribution < 1.29 is 13.2 Å². The number of hydrogen-bond donors (Lipinski definition) is 1. The quantitative estimate of drug-likeness (QED) is 0.684. The minimum atomic E-state index is -4.49. The van der Waals surface area contributed by atoms with Crippen LogP contribution in [0.25, 0.3) is 0 Å². The summed E-state index contributed by atoms with van der Waals surface area (Å²) >= 11 is 17.3. The molecule has 21 heavy (non-hydrogen) atoms. The molecular weight excluding hydrogens is 346 g/mol. The first-order valence-electron chi connectivity index (χ1n) is 5.81. The molecule has 0 saturated carbocycles. The predicted octanol–water partition coefficient (Wildman–Crippen LogP) is 6.28. The second-order valence-electron chi connectivity index (χ2n) is 4.32. The molecule has 0 amide bonds. The van der Waals surface area contributed by atoms with Gasteiger partial charge in [-0.1, -0.05) is 34.8 Å². The van der Waals surface area contributed by atoms with Gasteiger partial charge >= 0.3 is 6.18 Å². The van der Waals surface area contributed by atoms with E-state index in [1.807, 2.05) is 0 Å². The standard InChI is InChI=1S/C14H9Cl3F3N/c15-9-3-8(4-10(16)5-9)7-21-11-1-2-13(17)12(6-11)14(18,19)20/h1-6,21H,7H2. The van der Waals surface area contributed by atoms with Crippen LogP contribution >= 0.6 is 34.8 Å². The molecule has 0 spiro atoms. The minimum absolute atomic E-state index is 0.291. The Morgan fingerprint density at radius 3 is 2.10 bits per heavy atom. The van der Waals surface area contributed by atoms with Gasteiger partial charge in [-0.3, -0.25) is 0 Å². The van der Waals surface area contributed by atoms with Crippen LogP contribution in [-0.4, -0.2) is 0 Å². The molecule has 0 bridgehead atoms. The van der Waals surface area contributed by atoms with Gasteiger partial charge in [0, 0.05) is 22.3 Å². The van der Waals surface area contributed by atoms with Crippen molar-refractivity contribution in [1.29, 1.82) is 0 Å². The molecule has 0 heterocycles. The van der Waals surface area contributed by atoms with Crippen LogP contribution in [0.15, 0.2) is 36.4 Å². The molecule has 0 aliphatic heterocycles. The largest absolute Gasteiger partial charge is 0.417 e. The molecule has 112 valence electrons. The molecule has 2 aromatic rings. The SMILES string of the molecule is FC(F)(F)c1cc(NCc2cc(Cl)cc(Cl)c2)ccc1Cl. The molecule has 0 aliphatic rings. The Kier molecular flexibility index (Phi) is 4.91. The third-order valence-electron chi connectivity index (χ3n) is 2.69. The lowest BCUT2D eigenvalue weighted by molar-refractivity contribution is -0.137. The first-order chi connectivity index (χ1) is 9.75. The fourth-order valence-electron chi connectivity index (χ4n) is 1.77. The molecule has 2 aromatic carbocycles. The van der Waals surface area contributed by atoms with E-state index in [0.717, 1.165) is 11.6 Å². The third-order valence-corrected chi connectivity index (χ3v) is 3.46. The highest BCUT2D eigenvalue weighted by Crippen LogP contribution is 2.36. The summed E-state index contributed by atoms with van der Waals surface area (Å²) in [5, 5.41) is 3.47. The zero-order chi connectivity index (χ0) is 15.6. The van der Waals surface area contributed by atoms with Gasteiger partial charge in [0.25, 0.3) is 0 Å². The molecule has 7 heteroatoms. The molecule has 0 atom stereocenters. The number of benzene rings is 2. The highest BCUT2D eigenvalue weighted by Gasteiger charge is 2.33. The molecule has 0 saturated heterocycles. The average Bonchev–Trinajstić information content (AvgIpc) is 2.35. The average molecular weight is 355 g/mol. The number of rotatable bonds is 3. The highest BCUT2D eigenvalue weighted by atomic mass is 35.5. The number of alkyl halides is 3. The van der Waals surface area contributed by atoms with E-state index >= 15 is 0 Å². The van der Waals surface area contributed by atoms with Gasteiger partial charge in [-0.15, -0.1) is 0 Å². The van der Waals surface area contributed by atoms with Gasteiger partial charge in [-0.2, -0.15) is 13.2 Å². The van der Waals surface area contributed by atoms with Crippen LogP contribution in [0.2, 0.25) is 15.1 Å². The maximum atomic E-state index is 12.8. The van der Waals surface area contributed by atoms with E-state index in [0.29, 0.717) is 22.3 Å². The summed E-state index contributed by atoms with van der Waals surface area (Å²) in [5.74, 6) is 0. The number of hydrogen-bond acceptors (Lipinski definition) is 1. The fraction of sp³-hybridized carbons (Fsp3) is 0.143. The van der Waals surface area contributed by atoms with Crippen LogP contribution in [0.4, 0.5) is 18.9 Å². The van der Waals surface area contributed by atoms with Crippen molar-refractivity contribution in [3.8, 4) is 0 Å². The minimum Gasteiger partial charge on any atom is -0.381 e. The van der Waals surface area contributed by atoms with E-state index in [-0.39, 0.29) is 5.02 Å². The lowest BCUT2D eigenvalue weighted by Crippen LogP contribution is -2.07. The van der Waals surface area contributed by atoms with Gasteiger partial charge in [-0.25, -0.2) is 0 Å². The molecule has 0 radical (unpaired) electrons. The molecule has 2 rings (SSSR count). The summed E-state index contributed by atoms with van der Waals surface area (Å²) in [5.41, 5.74) is 0.192. The summed E-state index contributed by atoms with van der Waals surface area (Å²) < 4.78 is 38.3. The topological polar surface area (TPSA) is 12.0 Å². The Labute approximate surface area is 134 Å². The second kappa shape index (κ2) is 6.34. The van der Waals surface area contributed by atoms with E-state index in [2.05, 4.69) is 5.32 Å². The van der Waals surface area contributed by atoms with Gasteiger partial charge in [-0.05, 0) is 42.0 Å². The molecule has 0 aromatic heterocycles. The lowest BCUT2D eigenvalue weighted by atomic mass is 10.1. The van der Waals surface area contributed by atoms with E-state index in [9.17, 15) is 13.2 Å². The molecule has 0 fully saturated rings. The van der Waals surface area contributed by atoms with Crippen molar-refractivity contribution in [1.82, 2.24) is 0 Å². The Hall–Kier alpha value is -1.10. The Morgan fingerprint density at radius 1 is 0.905 bits per heavy atom. The highest BCUT2D eigenvalue weighted by molar-refractivity contribution is 6.34. The van der Waals surface area contributed by atoms with E-state index in [1.54, 1.807) is 18.2 Å². The summed E-state index contributed by atoms with van der Waals surface area (Å²) in [4.78, 5) is 0. The monoisotopic (exact) mass is 353 g/mol. The zero-order valence-corrected chi connectivity index (χ0v) is 12.7. The van der Waals surface area contributed by atoms with Gasteiger partial charge < -0.3 is 5.32 Å². The van der Waals surface area contributed by atoms with Crippen molar-refractivity contribution in [3.63, 3.8) is 0 Å². The summed E-state index contributed by atoms with van der Waals surface area (Å²) in [6.45, 7) is 0.291. The number of halogens is 6. The van der Waals surface area contributed by atoms with Crippen LogP contribution in [0.3, 0.4) is 0 Å². The second-order valence-corrected chi connectivity index (χ2v) is 5.60. The van der Waals surface area contributed by atoms with Gasteiger partial charge in [0.2, 0.25) is 0 Å². The molecule has 0 aliphatic carbocycles. The smallest absolute Gasteiger partial charge is 0.381 e. The Bertz CT molecular complexity index is 636. The summed E-state index contributed by atoms with van der Waals surface area (Å²) in [6.07, 6.45) is -4.49. The van der Waals surface area contributed by atoms with Crippen LogP contribution < -0.4 is 5.32 Å². The zero-order valence-electron chi connectivity index (χ0n) is 10.4. The van der Waals surface area contributed by atoms with Crippen molar-refractivity contribution in [2.24, 2.45) is 0 Å². The first kappa shape index (κ1) is 16.3. The van der Waals surface area contributed by atoms with Crippen LogP contribution in [-0.2, 0) is 12.7 Å². The van der Waals surface area contributed by atoms with E-state index in [1.165, 1.54) is 12.1 Å². The molecule has 1 N–H and O–H groups in total. The van der Waals surface area contributed by atoms with E-state index in [4.69, 9.17) is 34.8 Å². The number of anilines is 1. The normalized spacial score (nSPS) is 11.5. The first-order valence-corrected chi connectivity index (χ1v) is 6.94. The summed E-state index contributed by atoms with van der Waals surface area (Å²) in [7, 11) is 0. The fourth-order valence-corrected chi connectivity index (χ4v) is 2.57. The van der Waals surface area contributed by atoms with E-state index < -0.39 is 11.7 Å². The predicted molar refractivity (Wildman–Crippen MR) is 80.2 cm³/mol. The summed E-state index contributed by atoms with van der Waals surface area (Å²) in [6, 6.07) is 8.59. The Morgan fingerprint density at radius 2 is 1.52 bits per heavy atom. The Balaban J connectivity index is 2.17. The van der Waals surface area contributed by atoms with Crippen molar-refractivity contribution in [2.45, 2.75) is 12.7 Å². The third kappa shape index (κ3) is 4.43. The number of nitrogens with one attached hydrogen (secondary N) is 1. The van der Waals surface area contributed by atoms with Gasteiger partial charge in [0.05, 0.1) is 10.6 Å². The molecular formula is C14H9Cl3F3N. The maximum absolute atomic E-state index is 12.8. The lowest BCUT2D eigenvalue weighted by Gasteiger charge is -2.12. The van der Waals surface area contributed by atoms with Crippen molar-refractivity contribution in [3.05, 3.63) is 62.6 Å². The van der Waals surface area contributed by atoms with Gasteiger partial charge in [0.15, 0.2) is 0 Å². The van der Waals surface area contributed by atoms with Crippen molar-refractivity contribution in [2.75, 3.05) is 5.32 Å².